The Balaban J connectivity index is 1.92. The molecule has 0 bridgehead atoms. The van der Waals surface area contributed by atoms with Gasteiger partial charge in [-0.1, -0.05) is 6.42 Å². The Hall–Kier alpha value is 0.230. The standard InChI is InChI=1S/C10H21NO2S/c12-7-10(13)8-14-6-4-9-3-1-2-5-11-9/h9-13H,1-8H2. The Labute approximate surface area is 90.3 Å². The summed E-state index contributed by atoms with van der Waals surface area (Å²) in [6, 6.07) is 0.683. The van der Waals surface area contributed by atoms with Gasteiger partial charge in [-0.05, 0) is 31.6 Å². The van der Waals surface area contributed by atoms with E-state index in [2.05, 4.69) is 5.32 Å². The number of rotatable bonds is 6. The highest BCUT2D eigenvalue weighted by molar-refractivity contribution is 7.99. The maximum absolute atomic E-state index is 9.11. The summed E-state index contributed by atoms with van der Waals surface area (Å²) in [5.74, 6) is 1.73. The third kappa shape index (κ3) is 5.20. The van der Waals surface area contributed by atoms with Crippen molar-refractivity contribution in [3.63, 3.8) is 0 Å². The quantitative estimate of drug-likeness (QED) is 0.573. The molecule has 1 rings (SSSR count). The minimum Gasteiger partial charge on any atom is -0.394 e. The third-order valence-electron chi connectivity index (χ3n) is 2.54. The number of piperidine rings is 1. The molecule has 1 aliphatic rings. The van der Waals surface area contributed by atoms with E-state index in [1.807, 2.05) is 0 Å². The van der Waals surface area contributed by atoms with Crippen molar-refractivity contribution in [3.05, 3.63) is 0 Å². The summed E-state index contributed by atoms with van der Waals surface area (Å²) in [6.45, 7) is 1.04. The summed E-state index contributed by atoms with van der Waals surface area (Å²) in [5.41, 5.74) is 0. The van der Waals surface area contributed by atoms with Crippen LogP contribution in [0, 0.1) is 0 Å². The van der Waals surface area contributed by atoms with E-state index in [9.17, 15) is 0 Å². The summed E-state index contributed by atoms with van der Waals surface area (Å²) in [6.07, 6.45) is 4.60. The molecular formula is C10H21NO2S. The molecule has 14 heavy (non-hydrogen) atoms. The summed E-state index contributed by atoms with van der Waals surface area (Å²) >= 11 is 1.73. The molecule has 0 amide bonds. The minimum atomic E-state index is -0.542. The van der Waals surface area contributed by atoms with Gasteiger partial charge in [0, 0.05) is 11.8 Å². The van der Waals surface area contributed by atoms with Crippen molar-refractivity contribution in [2.24, 2.45) is 0 Å². The summed E-state index contributed by atoms with van der Waals surface area (Å²) in [7, 11) is 0. The molecule has 3 nitrogen and oxygen atoms in total. The molecule has 4 heteroatoms. The van der Waals surface area contributed by atoms with E-state index in [-0.39, 0.29) is 6.61 Å². The summed E-state index contributed by atoms with van der Waals surface area (Å²) in [5, 5.41) is 21.2. The first-order valence-electron chi connectivity index (χ1n) is 5.43. The third-order valence-corrected chi connectivity index (χ3v) is 3.69. The molecule has 0 aliphatic carbocycles. The van der Waals surface area contributed by atoms with Crippen LogP contribution in [-0.4, -0.2) is 47.0 Å². The second kappa shape index (κ2) is 7.51. The zero-order valence-corrected chi connectivity index (χ0v) is 9.43. The van der Waals surface area contributed by atoms with E-state index in [0.29, 0.717) is 11.8 Å². The van der Waals surface area contributed by atoms with Crippen LogP contribution in [0.25, 0.3) is 0 Å². The van der Waals surface area contributed by atoms with Gasteiger partial charge in [0.15, 0.2) is 0 Å². The Morgan fingerprint density at radius 1 is 1.43 bits per heavy atom. The van der Waals surface area contributed by atoms with Crippen molar-refractivity contribution in [2.45, 2.75) is 37.8 Å². The average molecular weight is 219 g/mol. The van der Waals surface area contributed by atoms with Crippen molar-refractivity contribution < 1.29 is 10.2 Å². The van der Waals surface area contributed by atoms with Crippen LogP contribution in [0.4, 0.5) is 0 Å². The van der Waals surface area contributed by atoms with Crippen LogP contribution < -0.4 is 5.32 Å². The SMILES string of the molecule is OCC(O)CSCCC1CCCCN1. The van der Waals surface area contributed by atoms with Crippen LogP contribution >= 0.6 is 11.8 Å². The van der Waals surface area contributed by atoms with Crippen molar-refractivity contribution in [3.8, 4) is 0 Å². The molecule has 1 fully saturated rings. The lowest BCUT2D eigenvalue weighted by molar-refractivity contribution is 0.113. The zero-order valence-electron chi connectivity index (χ0n) is 8.61. The number of hydrogen-bond acceptors (Lipinski definition) is 4. The van der Waals surface area contributed by atoms with Gasteiger partial charge >= 0.3 is 0 Å². The molecule has 1 aliphatic heterocycles. The monoisotopic (exact) mass is 219 g/mol. The average Bonchev–Trinajstić information content (AvgIpc) is 2.25. The van der Waals surface area contributed by atoms with Gasteiger partial charge in [0.1, 0.15) is 0 Å². The molecule has 1 heterocycles. The van der Waals surface area contributed by atoms with Gasteiger partial charge < -0.3 is 15.5 Å². The fourth-order valence-electron chi connectivity index (χ4n) is 1.67. The Morgan fingerprint density at radius 3 is 2.93 bits per heavy atom. The maximum Gasteiger partial charge on any atom is 0.0861 e. The Kier molecular flexibility index (Phi) is 6.60. The van der Waals surface area contributed by atoms with Crippen LogP contribution in [0.15, 0.2) is 0 Å². The van der Waals surface area contributed by atoms with Crippen LogP contribution in [0.5, 0.6) is 0 Å². The van der Waals surface area contributed by atoms with Crippen molar-refractivity contribution in [1.29, 1.82) is 0 Å². The van der Waals surface area contributed by atoms with Gasteiger partial charge in [0.05, 0.1) is 12.7 Å². The highest BCUT2D eigenvalue weighted by atomic mass is 32.2. The van der Waals surface area contributed by atoms with Crippen molar-refractivity contribution in [2.75, 3.05) is 24.7 Å². The molecule has 84 valence electrons. The predicted octanol–water partition coefficient (Wildman–Crippen LogP) is 0.605. The molecule has 0 aromatic carbocycles. The largest absolute Gasteiger partial charge is 0.394 e. The van der Waals surface area contributed by atoms with Gasteiger partial charge in [0.2, 0.25) is 0 Å². The van der Waals surface area contributed by atoms with Crippen LogP contribution in [0.1, 0.15) is 25.7 Å². The van der Waals surface area contributed by atoms with Gasteiger partial charge in [0.25, 0.3) is 0 Å². The maximum atomic E-state index is 9.11. The number of aliphatic hydroxyl groups excluding tert-OH is 2. The fourth-order valence-corrected chi connectivity index (χ4v) is 2.66. The number of nitrogens with one attached hydrogen (secondary N) is 1. The molecular weight excluding hydrogens is 198 g/mol. The summed E-state index contributed by atoms with van der Waals surface area (Å²) in [4.78, 5) is 0. The van der Waals surface area contributed by atoms with E-state index >= 15 is 0 Å². The Bertz CT molecular complexity index is 140. The first-order valence-corrected chi connectivity index (χ1v) is 6.58. The normalized spacial score (nSPS) is 24.9. The molecule has 0 aromatic heterocycles. The number of aliphatic hydroxyl groups is 2. The topological polar surface area (TPSA) is 52.5 Å². The van der Waals surface area contributed by atoms with Gasteiger partial charge in [-0.15, -0.1) is 0 Å². The van der Waals surface area contributed by atoms with E-state index in [4.69, 9.17) is 10.2 Å². The predicted molar refractivity (Wildman–Crippen MR) is 60.7 cm³/mol. The molecule has 2 unspecified atom stereocenters. The molecule has 1 saturated heterocycles. The second-order valence-corrected chi connectivity index (χ2v) is 5.00. The zero-order chi connectivity index (χ0) is 10.2. The Morgan fingerprint density at radius 2 is 2.29 bits per heavy atom. The minimum absolute atomic E-state index is 0.116. The number of hydrogen-bond donors (Lipinski definition) is 3. The van der Waals surface area contributed by atoms with Crippen LogP contribution in [0.3, 0.4) is 0 Å². The van der Waals surface area contributed by atoms with E-state index < -0.39 is 6.10 Å². The highest BCUT2D eigenvalue weighted by Gasteiger charge is 2.11. The van der Waals surface area contributed by atoms with Crippen LogP contribution in [-0.2, 0) is 0 Å². The molecule has 2 atom stereocenters. The number of thioether (sulfide) groups is 1. The van der Waals surface area contributed by atoms with Crippen LogP contribution in [0.2, 0.25) is 0 Å². The first kappa shape index (κ1) is 12.3. The molecule has 0 aromatic rings. The summed E-state index contributed by atoms with van der Waals surface area (Å²) < 4.78 is 0. The highest BCUT2D eigenvalue weighted by Crippen LogP contribution is 2.13. The van der Waals surface area contributed by atoms with Crippen molar-refractivity contribution in [1.82, 2.24) is 5.32 Å². The lowest BCUT2D eigenvalue weighted by atomic mass is 10.0. The molecule has 0 saturated carbocycles. The van der Waals surface area contributed by atoms with Crippen molar-refractivity contribution >= 4 is 11.8 Å². The fraction of sp³-hybridized carbons (Fsp3) is 1.00. The van der Waals surface area contributed by atoms with Gasteiger partial charge in [-0.25, -0.2) is 0 Å². The smallest absolute Gasteiger partial charge is 0.0861 e. The van der Waals surface area contributed by atoms with E-state index in [1.54, 1.807) is 11.8 Å². The second-order valence-electron chi connectivity index (χ2n) is 3.85. The van der Waals surface area contributed by atoms with E-state index in [0.717, 1.165) is 12.3 Å². The van der Waals surface area contributed by atoms with E-state index in [1.165, 1.54) is 25.7 Å². The van der Waals surface area contributed by atoms with Gasteiger partial charge in [-0.2, -0.15) is 11.8 Å². The molecule has 3 N–H and O–H groups in total. The molecule has 0 spiro atoms. The van der Waals surface area contributed by atoms with Gasteiger partial charge in [-0.3, -0.25) is 0 Å². The lowest BCUT2D eigenvalue weighted by Gasteiger charge is -2.23. The molecule has 0 radical (unpaired) electrons. The lowest BCUT2D eigenvalue weighted by Crippen LogP contribution is -2.34. The first-order chi connectivity index (χ1) is 6.83.